The molecule has 3 N–H and O–H groups in total. The molecule has 0 aliphatic heterocycles. The SMILES string of the molecule is Cc1ccc(/C=N/NC(=O)c2cc(O)cc(O)c2)o1. The number of hydrogen-bond acceptors (Lipinski definition) is 5. The molecule has 0 spiro atoms. The van der Waals surface area contributed by atoms with E-state index in [1.165, 1.54) is 18.3 Å². The third kappa shape index (κ3) is 3.35. The summed E-state index contributed by atoms with van der Waals surface area (Å²) in [7, 11) is 0. The number of furan rings is 1. The minimum absolute atomic E-state index is 0.102. The Morgan fingerprint density at radius 2 is 1.95 bits per heavy atom. The zero-order chi connectivity index (χ0) is 13.8. The molecule has 98 valence electrons. The molecule has 6 nitrogen and oxygen atoms in total. The molecular weight excluding hydrogens is 248 g/mol. The Hall–Kier alpha value is -2.76. The van der Waals surface area contributed by atoms with Crippen molar-refractivity contribution in [1.82, 2.24) is 5.43 Å². The van der Waals surface area contributed by atoms with Crippen LogP contribution < -0.4 is 5.43 Å². The Morgan fingerprint density at radius 3 is 2.53 bits per heavy atom. The third-order valence-electron chi connectivity index (χ3n) is 2.28. The van der Waals surface area contributed by atoms with E-state index in [4.69, 9.17) is 4.42 Å². The lowest BCUT2D eigenvalue weighted by molar-refractivity contribution is 0.0954. The van der Waals surface area contributed by atoms with Crippen LogP contribution >= 0.6 is 0 Å². The average molecular weight is 260 g/mol. The largest absolute Gasteiger partial charge is 0.508 e. The molecule has 1 aromatic carbocycles. The first-order valence-corrected chi connectivity index (χ1v) is 5.47. The van der Waals surface area contributed by atoms with Crippen molar-refractivity contribution < 1.29 is 19.4 Å². The fourth-order valence-electron chi connectivity index (χ4n) is 1.47. The monoisotopic (exact) mass is 260 g/mol. The van der Waals surface area contributed by atoms with Crippen molar-refractivity contribution in [1.29, 1.82) is 0 Å². The van der Waals surface area contributed by atoms with Crippen LogP contribution in [0.1, 0.15) is 21.9 Å². The van der Waals surface area contributed by atoms with Crippen molar-refractivity contribution in [3.8, 4) is 11.5 Å². The third-order valence-corrected chi connectivity index (χ3v) is 2.28. The molecule has 0 unspecified atom stereocenters. The Labute approximate surface area is 109 Å². The van der Waals surface area contributed by atoms with Gasteiger partial charge >= 0.3 is 0 Å². The zero-order valence-electron chi connectivity index (χ0n) is 10.1. The summed E-state index contributed by atoms with van der Waals surface area (Å²) in [4.78, 5) is 11.7. The number of benzene rings is 1. The number of nitrogens with zero attached hydrogens (tertiary/aromatic N) is 1. The van der Waals surface area contributed by atoms with E-state index in [0.29, 0.717) is 5.76 Å². The predicted octanol–water partition coefficient (Wildman–Crippen LogP) is 1.76. The van der Waals surface area contributed by atoms with E-state index >= 15 is 0 Å². The quantitative estimate of drug-likeness (QED) is 0.579. The molecule has 0 aliphatic rings. The van der Waals surface area contributed by atoms with Gasteiger partial charge in [-0.1, -0.05) is 0 Å². The number of amides is 1. The zero-order valence-corrected chi connectivity index (χ0v) is 10.1. The van der Waals surface area contributed by atoms with Crippen molar-refractivity contribution in [2.24, 2.45) is 5.10 Å². The van der Waals surface area contributed by atoms with Gasteiger partial charge in [0.25, 0.3) is 5.91 Å². The Bertz CT molecular complexity index is 611. The molecule has 0 saturated heterocycles. The van der Waals surface area contributed by atoms with Gasteiger partial charge in [0.1, 0.15) is 23.0 Å². The van der Waals surface area contributed by atoms with Gasteiger partial charge in [-0.3, -0.25) is 4.79 Å². The molecule has 0 atom stereocenters. The molecular formula is C13H12N2O4. The first-order valence-electron chi connectivity index (χ1n) is 5.47. The average Bonchev–Trinajstić information content (AvgIpc) is 2.73. The van der Waals surface area contributed by atoms with Crippen LogP contribution in [0.25, 0.3) is 0 Å². The van der Waals surface area contributed by atoms with Crippen LogP contribution in [0.15, 0.2) is 39.9 Å². The van der Waals surface area contributed by atoms with Gasteiger partial charge in [-0.15, -0.1) is 0 Å². The number of phenolic OH excluding ortho intramolecular Hbond substituents is 2. The van der Waals surface area contributed by atoms with E-state index in [1.807, 2.05) is 0 Å². The summed E-state index contributed by atoms with van der Waals surface area (Å²) in [6.07, 6.45) is 1.35. The summed E-state index contributed by atoms with van der Waals surface area (Å²) < 4.78 is 5.23. The summed E-state index contributed by atoms with van der Waals surface area (Å²) in [5.74, 6) is 0.305. The number of carbonyl (C=O) groups excluding carboxylic acids is 1. The van der Waals surface area contributed by atoms with Gasteiger partial charge < -0.3 is 14.6 Å². The normalized spacial score (nSPS) is 10.8. The van der Waals surface area contributed by atoms with Crippen molar-refractivity contribution in [2.75, 3.05) is 0 Å². The second-order valence-corrected chi connectivity index (χ2v) is 3.89. The molecule has 0 fully saturated rings. The van der Waals surface area contributed by atoms with E-state index in [2.05, 4.69) is 10.5 Å². The first kappa shape index (κ1) is 12.7. The lowest BCUT2D eigenvalue weighted by Crippen LogP contribution is -2.17. The van der Waals surface area contributed by atoms with Crippen molar-refractivity contribution in [2.45, 2.75) is 6.92 Å². The molecule has 1 heterocycles. The van der Waals surface area contributed by atoms with Gasteiger partial charge in [-0.25, -0.2) is 5.43 Å². The van der Waals surface area contributed by atoms with Gasteiger partial charge in [-0.05, 0) is 31.2 Å². The van der Waals surface area contributed by atoms with Crippen LogP contribution in [0.4, 0.5) is 0 Å². The fourth-order valence-corrected chi connectivity index (χ4v) is 1.47. The maximum absolute atomic E-state index is 11.7. The Balaban J connectivity index is 2.03. The number of hydrazone groups is 1. The van der Waals surface area contributed by atoms with Gasteiger partial charge in [0.2, 0.25) is 0 Å². The summed E-state index contributed by atoms with van der Waals surface area (Å²) >= 11 is 0. The molecule has 19 heavy (non-hydrogen) atoms. The van der Waals surface area contributed by atoms with E-state index in [1.54, 1.807) is 19.1 Å². The van der Waals surface area contributed by atoms with Crippen molar-refractivity contribution in [3.63, 3.8) is 0 Å². The highest BCUT2D eigenvalue weighted by molar-refractivity contribution is 5.95. The second kappa shape index (κ2) is 5.26. The maximum Gasteiger partial charge on any atom is 0.271 e. The lowest BCUT2D eigenvalue weighted by Gasteiger charge is -2.01. The van der Waals surface area contributed by atoms with Gasteiger partial charge in [0.15, 0.2) is 0 Å². The summed E-state index contributed by atoms with van der Waals surface area (Å²) in [6, 6.07) is 7.07. The standard InChI is InChI=1S/C13H12N2O4/c1-8-2-3-12(19-8)7-14-15-13(18)9-4-10(16)6-11(17)5-9/h2-7,16-17H,1H3,(H,15,18)/b14-7+. The number of nitrogens with one attached hydrogen (secondary N) is 1. The summed E-state index contributed by atoms with van der Waals surface area (Å²) in [5, 5.41) is 22.2. The molecule has 2 aromatic rings. The van der Waals surface area contributed by atoms with Crippen molar-refractivity contribution >= 4 is 12.1 Å². The van der Waals surface area contributed by atoms with E-state index in [-0.39, 0.29) is 17.1 Å². The minimum Gasteiger partial charge on any atom is -0.508 e. The number of rotatable bonds is 3. The van der Waals surface area contributed by atoms with Crippen LogP contribution in [0.5, 0.6) is 11.5 Å². The predicted molar refractivity (Wildman–Crippen MR) is 68.3 cm³/mol. The van der Waals surface area contributed by atoms with Gasteiger partial charge in [0, 0.05) is 11.6 Å². The van der Waals surface area contributed by atoms with Crippen LogP contribution in [0, 0.1) is 6.92 Å². The van der Waals surface area contributed by atoms with E-state index in [9.17, 15) is 15.0 Å². The highest BCUT2D eigenvalue weighted by Crippen LogP contribution is 2.20. The first-order chi connectivity index (χ1) is 9.04. The van der Waals surface area contributed by atoms with Crippen LogP contribution in [-0.2, 0) is 0 Å². The smallest absolute Gasteiger partial charge is 0.271 e. The number of carbonyl (C=O) groups is 1. The Morgan fingerprint density at radius 1 is 1.26 bits per heavy atom. The minimum atomic E-state index is -0.550. The van der Waals surface area contributed by atoms with E-state index < -0.39 is 5.91 Å². The fraction of sp³-hybridized carbons (Fsp3) is 0.0769. The highest BCUT2D eigenvalue weighted by atomic mass is 16.3. The number of aryl methyl sites for hydroxylation is 1. The molecule has 6 heteroatoms. The molecule has 0 bridgehead atoms. The summed E-state index contributed by atoms with van der Waals surface area (Å²) in [5.41, 5.74) is 2.36. The molecule has 0 radical (unpaired) electrons. The maximum atomic E-state index is 11.7. The van der Waals surface area contributed by atoms with Gasteiger partial charge in [0.05, 0.1) is 6.21 Å². The summed E-state index contributed by atoms with van der Waals surface area (Å²) in [6.45, 7) is 1.80. The van der Waals surface area contributed by atoms with Crippen LogP contribution in [-0.4, -0.2) is 22.3 Å². The topological polar surface area (TPSA) is 95.1 Å². The molecule has 0 aliphatic carbocycles. The number of phenols is 2. The number of aromatic hydroxyl groups is 2. The molecule has 2 rings (SSSR count). The number of hydrogen-bond donors (Lipinski definition) is 3. The lowest BCUT2D eigenvalue weighted by atomic mass is 10.2. The van der Waals surface area contributed by atoms with E-state index in [0.717, 1.165) is 11.8 Å². The molecule has 1 aromatic heterocycles. The molecule has 0 saturated carbocycles. The van der Waals surface area contributed by atoms with Crippen LogP contribution in [0.3, 0.4) is 0 Å². The Kier molecular flexibility index (Phi) is 3.51. The van der Waals surface area contributed by atoms with Crippen LogP contribution in [0.2, 0.25) is 0 Å². The van der Waals surface area contributed by atoms with Gasteiger partial charge in [-0.2, -0.15) is 5.10 Å². The van der Waals surface area contributed by atoms with Crippen molar-refractivity contribution in [3.05, 3.63) is 47.4 Å². The highest BCUT2D eigenvalue weighted by Gasteiger charge is 2.07. The molecule has 1 amide bonds. The second-order valence-electron chi connectivity index (χ2n) is 3.89.